The van der Waals surface area contributed by atoms with E-state index in [-0.39, 0.29) is 23.4 Å². The summed E-state index contributed by atoms with van der Waals surface area (Å²) in [5.41, 5.74) is 4.13. The van der Waals surface area contributed by atoms with Crippen molar-refractivity contribution in [3.05, 3.63) is 64.7 Å². The fraction of sp³-hybridized carbons (Fsp3) is 0.348. The number of phenolic OH excluding ortho intramolecular Hbond substituents is 2. The van der Waals surface area contributed by atoms with Crippen molar-refractivity contribution in [2.45, 2.75) is 47.0 Å². The molecule has 0 spiro atoms. The smallest absolute Gasteiger partial charge is 0.313 e. The summed E-state index contributed by atoms with van der Waals surface area (Å²) in [5, 5.41) is 19.6. The fourth-order valence-corrected chi connectivity index (χ4v) is 2.71. The van der Waals surface area contributed by atoms with Crippen molar-refractivity contribution in [2.24, 2.45) is 5.92 Å². The van der Waals surface area contributed by atoms with Gasteiger partial charge in [0, 0.05) is 11.6 Å². The minimum absolute atomic E-state index is 0.0863. The van der Waals surface area contributed by atoms with Gasteiger partial charge in [0.25, 0.3) is 0 Å². The molecule has 144 valence electrons. The zero-order chi connectivity index (χ0) is 20.0. The molecule has 0 aliphatic heterocycles. The van der Waals surface area contributed by atoms with Crippen LogP contribution >= 0.6 is 0 Å². The predicted octanol–water partition coefficient (Wildman–Crippen LogP) is 4.95. The second-order valence-corrected chi connectivity index (χ2v) is 7.31. The normalized spacial score (nSPS) is 10.7. The van der Waals surface area contributed by atoms with Crippen LogP contribution in [0.5, 0.6) is 17.2 Å². The summed E-state index contributed by atoms with van der Waals surface area (Å²) in [6, 6.07) is 10.3. The zero-order valence-corrected chi connectivity index (χ0v) is 16.5. The van der Waals surface area contributed by atoms with Crippen LogP contribution in [0.15, 0.2) is 48.0 Å². The summed E-state index contributed by atoms with van der Waals surface area (Å²) in [5.74, 6) is 0.186. The number of ether oxygens (including phenoxy) is 1. The fourth-order valence-electron chi connectivity index (χ4n) is 2.71. The van der Waals surface area contributed by atoms with Crippen LogP contribution in [0.2, 0.25) is 0 Å². The lowest BCUT2D eigenvalue weighted by atomic mass is 9.96. The maximum absolute atomic E-state index is 12.1. The number of allylic oxidation sites excluding steroid dienone is 2. The molecular weight excluding hydrogens is 340 g/mol. The number of rotatable bonds is 7. The van der Waals surface area contributed by atoms with E-state index in [1.165, 1.54) is 11.6 Å². The number of phenols is 2. The Morgan fingerprint density at radius 3 is 2.30 bits per heavy atom. The topological polar surface area (TPSA) is 66.8 Å². The van der Waals surface area contributed by atoms with Gasteiger partial charge in [0.15, 0.2) is 0 Å². The first-order valence-corrected chi connectivity index (χ1v) is 9.24. The number of aromatic hydroxyl groups is 2. The molecule has 2 rings (SSSR count). The van der Waals surface area contributed by atoms with Crippen LogP contribution in [0.1, 0.15) is 44.4 Å². The highest BCUT2D eigenvalue weighted by molar-refractivity contribution is 5.75. The van der Waals surface area contributed by atoms with Gasteiger partial charge in [0.05, 0.1) is 5.92 Å². The Labute approximate surface area is 161 Å². The van der Waals surface area contributed by atoms with E-state index in [4.69, 9.17) is 4.74 Å². The predicted molar refractivity (Wildman–Crippen MR) is 107 cm³/mol. The van der Waals surface area contributed by atoms with Gasteiger partial charge in [-0.25, -0.2) is 0 Å². The third-order valence-electron chi connectivity index (χ3n) is 4.30. The van der Waals surface area contributed by atoms with Gasteiger partial charge in [0.2, 0.25) is 0 Å². The number of carbonyl (C=O) groups is 1. The number of hydrogen-bond acceptors (Lipinski definition) is 4. The van der Waals surface area contributed by atoms with E-state index in [1.807, 2.05) is 26.0 Å². The Morgan fingerprint density at radius 1 is 1.04 bits per heavy atom. The molecule has 0 amide bonds. The van der Waals surface area contributed by atoms with Crippen molar-refractivity contribution in [3.63, 3.8) is 0 Å². The largest absolute Gasteiger partial charge is 0.508 e. The molecule has 0 radical (unpaired) electrons. The Kier molecular flexibility index (Phi) is 7.05. The summed E-state index contributed by atoms with van der Waals surface area (Å²) in [4.78, 5) is 12.1. The lowest BCUT2D eigenvalue weighted by molar-refractivity contribution is -0.137. The SMILES string of the molecule is CC(C)=CCc1c(CCc2ccc(O)cc2)cc(O)cc1OC(=O)C(C)C. The molecule has 0 heterocycles. The Morgan fingerprint density at radius 2 is 1.70 bits per heavy atom. The van der Waals surface area contributed by atoms with Crippen molar-refractivity contribution >= 4 is 5.97 Å². The van der Waals surface area contributed by atoms with E-state index in [2.05, 4.69) is 6.08 Å². The number of carbonyl (C=O) groups excluding carboxylic acids is 1. The molecule has 0 saturated carbocycles. The molecular formula is C23H28O4. The van der Waals surface area contributed by atoms with Gasteiger partial charge in [-0.1, -0.05) is 37.6 Å². The molecule has 0 saturated heterocycles. The van der Waals surface area contributed by atoms with E-state index in [1.54, 1.807) is 32.0 Å². The van der Waals surface area contributed by atoms with Gasteiger partial charge in [-0.3, -0.25) is 4.79 Å². The molecule has 0 unspecified atom stereocenters. The first kappa shape index (κ1) is 20.6. The summed E-state index contributed by atoms with van der Waals surface area (Å²) in [7, 11) is 0. The van der Waals surface area contributed by atoms with E-state index in [0.717, 1.165) is 23.1 Å². The van der Waals surface area contributed by atoms with Crippen LogP contribution in [0, 0.1) is 5.92 Å². The summed E-state index contributed by atoms with van der Waals surface area (Å²) < 4.78 is 5.57. The third kappa shape index (κ3) is 6.17. The number of benzene rings is 2. The van der Waals surface area contributed by atoms with Gasteiger partial charge in [-0.2, -0.15) is 0 Å². The number of esters is 1. The molecule has 0 bridgehead atoms. The van der Waals surface area contributed by atoms with Crippen LogP contribution in [0.25, 0.3) is 0 Å². The molecule has 4 nitrogen and oxygen atoms in total. The lowest BCUT2D eigenvalue weighted by Crippen LogP contribution is -2.16. The second-order valence-electron chi connectivity index (χ2n) is 7.31. The minimum Gasteiger partial charge on any atom is -0.508 e. The highest BCUT2D eigenvalue weighted by atomic mass is 16.5. The van der Waals surface area contributed by atoms with Crippen LogP contribution in [-0.4, -0.2) is 16.2 Å². The molecule has 2 N–H and O–H groups in total. The Balaban J connectivity index is 2.34. The van der Waals surface area contributed by atoms with E-state index in [0.29, 0.717) is 18.6 Å². The van der Waals surface area contributed by atoms with E-state index >= 15 is 0 Å². The van der Waals surface area contributed by atoms with Crippen LogP contribution in [-0.2, 0) is 24.1 Å². The zero-order valence-electron chi connectivity index (χ0n) is 16.5. The molecule has 2 aromatic carbocycles. The van der Waals surface area contributed by atoms with Crippen LogP contribution < -0.4 is 4.74 Å². The van der Waals surface area contributed by atoms with Gasteiger partial charge in [-0.05, 0) is 62.4 Å². The molecule has 0 atom stereocenters. The first-order chi connectivity index (χ1) is 12.8. The van der Waals surface area contributed by atoms with Crippen LogP contribution in [0.4, 0.5) is 0 Å². The molecule has 2 aromatic rings. The second kappa shape index (κ2) is 9.26. The summed E-state index contributed by atoms with van der Waals surface area (Å²) >= 11 is 0. The minimum atomic E-state index is -0.316. The Hall–Kier alpha value is -2.75. The molecule has 0 aliphatic rings. The van der Waals surface area contributed by atoms with Crippen LogP contribution in [0.3, 0.4) is 0 Å². The van der Waals surface area contributed by atoms with Crippen molar-refractivity contribution in [3.8, 4) is 17.2 Å². The Bertz CT molecular complexity index is 813. The average molecular weight is 368 g/mol. The van der Waals surface area contributed by atoms with Gasteiger partial charge in [0.1, 0.15) is 17.2 Å². The number of aryl methyl sites for hydroxylation is 2. The third-order valence-corrected chi connectivity index (χ3v) is 4.30. The standard InChI is InChI=1S/C23H28O4/c1-15(2)5-12-21-18(9-6-17-7-10-19(24)11-8-17)13-20(25)14-22(21)27-23(26)16(3)4/h5,7-8,10-11,13-14,16,24-25H,6,9,12H2,1-4H3. The number of hydrogen-bond donors (Lipinski definition) is 2. The average Bonchev–Trinajstić information content (AvgIpc) is 2.60. The van der Waals surface area contributed by atoms with Crippen molar-refractivity contribution in [1.29, 1.82) is 0 Å². The summed E-state index contributed by atoms with van der Waals surface area (Å²) in [6.07, 6.45) is 4.16. The monoisotopic (exact) mass is 368 g/mol. The van der Waals surface area contributed by atoms with Crippen molar-refractivity contribution in [1.82, 2.24) is 0 Å². The van der Waals surface area contributed by atoms with Gasteiger partial charge >= 0.3 is 5.97 Å². The molecule has 27 heavy (non-hydrogen) atoms. The molecule has 0 fully saturated rings. The lowest BCUT2D eigenvalue weighted by Gasteiger charge is -2.16. The highest BCUT2D eigenvalue weighted by Gasteiger charge is 2.17. The van der Waals surface area contributed by atoms with Crippen molar-refractivity contribution in [2.75, 3.05) is 0 Å². The van der Waals surface area contributed by atoms with Gasteiger partial charge < -0.3 is 14.9 Å². The molecule has 4 heteroatoms. The molecule has 0 aromatic heterocycles. The summed E-state index contributed by atoms with van der Waals surface area (Å²) in [6.45, 7) is 7.62. The van der Waals surface area contributed by atoms with Gasteiger partial charge in [-0.15, -0.1) is 0 Å². The maximum atomic E-state index is 12.1. The highest BCUT2D eigenvalue weighted by Crippen LogP contribution is 2.31. The van der Waals surface area contributed by atoms with Crippen molar-refractivity contribution < 1.29 is 19.7 Å². The molecule has 0 aliphatic carbocycles. The quantitative estimate of drug-likeness (QED) is 0.412. The maximum Gasteiger partial charge on any atom is 0.313 e. The van der Waals surface area contributed by atoms with E-state index < -0.39 is 0 Å². The van der Waals surface area contributed by atoms with E-state index in [9.17, 15) is 15.0 Å². The first-order valence-electron chi connectivity index (χ1n) is 9.24.